The lowest BCUT2D eigenvalue weighted by Gasteiger charge is -2.31. The Bertz CT molecular complexity index is 1380. The third-order valence-electron chi connectivity index (χ3n) is 6.89. The van der Waals surface area contributed by atoms with Crippen LogP contribution in [0.3, 0.4) is 0 Å². The van der Waals surface area contributed by atoms with Gasteiger partial charge in [-0.15, -0.1) is 0 Å². The van der Waals surface area contributed by atoms with Crippen LogP contribution in [-0.2, 0) is 11.3 Å². The summed E-state index contributed by atoms with van der Waals surface area (Å²) in [7, 11) is 0. The molecule has 0 radical (unpaired) electrons. The van der Waals surface area contributed by atoms with Crippen molar-refractivity contribution in [2.45, 2.75) is 39.7 Å². The molecule has 7 nitrogen and oxygen atoms in total. The molecule has 2 aromatic heterocycles. The summed E-state index contributed by atoms with van der Waals surface area (Å²) >= 11 is 0. The van der Waals surface area contributed by atoms with Gasteiger partial charge in [-0.2, -0.15) is 5.10 Å². The Morgan fingerprint density at radius 2 is 1.78 bits per heavy atom. The van der Waals surface area contributed by atoms with Crippen molar-refractivity contribution in [2.75, 3.05) is 13.1 Å². The van der Waals surface area contributed by atoms with E-state index in [1.165, 1.54) is 0 Å². The molecule has 5 rings (SSSR count). The van der Waals surface area contributed by atoms with Gasteiger partial charge in [0.15, 0.2) is 0 Å². The molecule has 2 amide bonds. The van der Waals surface area contributed by atoms with Crippen molar-refractivity contribution in [3.8, 4) is 16.9 Å². The van der Waals surface area contributed by atoms with Crippen LogP contribution in [0.1, 0.15) is 46.7 Å². The Morgan fingerprint density at radius 3 is 2.49 bits per heavy atom. The second-order valence-corrected chi connectivity index (χ2v) is 9.77. The molecule has 0 spiro atoms. The van der Waals surface area contributed by atoms with E-state index >= 15 is 0 Å². The summed E-state index contributed by atoms with van der Waals surface area (Å²) in [6, 6.07) is 21.7. The lowest BCUT2D eigenvalue weighted by atomic mass is 9.92. The van der Waals surface area contributed by atoms with Crippen molar-refractivity contribution < 1.29 is 14.0 Å². The number of hydrogen-bond acceptors (Lipinski definition) is 4. The van der Waals surface area contributed by atoms with Crippen LogP contribution in [0.15, 0.2) is 77.3 Å². The highest BCUT2D eigenvalue weighted by Gasteiger charge is 2.28. The van der Waals surface area contributed by atoms with E-state index in [0.717, 1.165) is 41.2 Å². The van der Waals surface area contributed by atoms with Crippen LogP contribution < -0.4 is 5.32 Å². The van der Waals surface area contributed by atoms with Crippen molar-refractivity contribution in [3.63, 3.8) is 0 Å². The second-order valence-electron chi connectivity index (χ2n) is 9.77. The van der Waals surface area contributed by atoms with Gasteiger partial charge in [0.05, 0.1) is 17.8 Å². The van der Waals surface area contributed by atoms with Crippen molar-refractivity contribution in [1.82, 2.24) is 20.0 Å². The normalized spacial score (nSPS) is 14.1. The highest BCUT2D eigenvalue weighted by Crippen LogP contribution is 2.28. The van der Waals surface area contributed by atoms with Gasteiger partial charge in [-0.05, 0) is 62.9 Å². The molecular formula is C30H32N4O3. The van der Waals surface area contributed by atoms with Crippen LogP contribution in [0.25, 0.3) is 16.9 Å². The lowest BCUT2D eigenvalue weighted by Crippen LogP contribution is -2.39. The summed E-state index contributed by atoms with van der Waals surface area (Å²) in [4.78, 5) is 28.0. The first-order valence-electron chi connectivity index (χ1n) is 12.8. The molecule has 0 unspecified atom stereocenters. The van der Waals surface area contributed by atoms with E-state index in [-0.39, 0.29) is 17.7 Å². The van der Waals surface area contributed by atoms with Gasteiger partial charge in [0.1, 0.15) is 17.2 Å². The molecule has 3 heterocycles. The number of rotatable bonds is 7. The van der Waals surface area contributed by atoms with Gasteiger partial charge in [-0.1, -0.05) is 42.0 Å². The number of para-hydroxylation sites is 1. The zero-order chi connectivity index (χ0) is 25.8. The number of furan rings is 1. The lowest BCUT2D eigenvalue weighted by molar-refractivity contribution is -0.122. The summed E-state index contributed by atoms with van der Waals surface area (Å²) in [6.07, 6.45) is 3.89. The third kappa shape index (κ3) is 5.82. The van der Waals surface area contributed by atoms with Gasteiger partial charge in [-0.25, -0.2) is 4.68 Å². The van der Waals surface area contributed by atoms with Gasteiger partial charge in [0.25, 0.3) is 5.91 Å². The number of benzene rings is 2. The SMILES string of the molecule is Cc1cccc(-c2nn(-c3ccccc3)cc2C(=O)N2CCC(CC(=O)NCc3ccc(C)o3)CC2)c1. The molecule has 0 atom stereocenters. The number of amides is 2. The Kier molecular flexibility index (Phi) is 7.21. The number of piperidine rings is 1. The van der Waals surface area contributed by atoms with Gasteiger partial charge < -0.3 is 14.6 Å². The molecule has 0 saturated carbocycles. The number of carbonyl (C=O) groups is 2. The highest BCUT2D eigenvalue weighted by atomic mass is 16.3. The van der Waals surface area contributed by atoms with Crippen LogP contribution in [0.5, 0.6) is 0 Å². The Morgan fingerprint density at radius 1 is 1.00 bits per heavy atom. The molecule has 190 valence electrons. The van der Waals surface area contributed by atoms with Gasteiger partial charge >= 0.3 is 0 Å². The van der Waals surface area contributed by atoms with E-state index < -0.39 is 0 Å². The number of aromatic nitrogens is 2. The van der Waals surface area contributed by atoms with E-state index in [1.54, 1.807) is 4.68 Å². The predicted molar refractivity (Wildman–Crippen MR) is 142 cm³/mol. The Hall–Kier alpha value is -4.13. The fourth-order valence-electron chi connectivity index (χ4n) is 4.86. The first-order valence-corrected chi connectivity index (χ1v) is 12.8. The van der Waals surface area contributed by atoms with E-state index in [2.05, 4.69) is 11.4 Å². The highest BCUT2D eigenvalue weighted by molar-refractivity contribution is 6.00. The van der Waals surface area contributed by atoms with Crippen LogP contribution in [0.2, 0.25) is 0 Å². The van der Waals surface area contributed by atoms with E-state index in [1.807, 2.05) is 85.6 Å². The summed E-state index contributed by atoms with van der Waals surface area (Å²) < 4.78 is 7.30. The second kappa shape index (κ2) is 10.9. The number of nitrogens with one attached hydrogen (secondary N) is 1. The minimum absolute atomic E-state index is 0.0182. The minimum Gasteiger partial charge on any atom is -0.465 e. The molecule has 2 aromatic carbocycles. The standard InChI is InChI=1S/C30H32N4O3/c1-21-7-6-8-24(17-21)29-27(20-34(32-29)25-9-4-3-5-10-25)30(36)33-15-13-23(14-16-33)18-28(35)31-19-26-12-11-22(2)37-26/h3-12,17,20,23H,13-16,18-19H2,1-2H3,(H,31,35). The summed E-state index contributed by atoms with van der Waals surface area (Å²) in [5.74, 6) is 1.85. The maximum absolute atomic E-state index is 13.7. The summed E-state index contributed by atoms with van der Waals surface area (Å²) in [5, 5.41) is 7.76. The van der Waals surface area contributed by atoms with E-state index in [0.29, 0.717) is 37.3 Å². The molecule has 4 aromatic rings. The van der Waals surface area contributed by atoms with Crippen LogP contribution in [0, 0.1) is 19.8 Å². The molecule has 1 N–H and O–H groups in total. The molecular weight excluding hydrogens is 464 g/mol. The summed E-state index contributed by atoms with van der Waals surface area (Å²) in [6.45, 7) is 5.57. The maximum atomic E-state index is 13.7. The fourth-order valence-corrected chi connectivity index (χ4v) is 4.86. The topological polar surface area (TPSA) is 80.4 Å². The quantitative estimate of drug-likeness (QED) is 0.376. The Labute approximate surface area is 217 Å². The van der Waals surface area contributed by atoms with Gasteiger partial charge in [-0.3, -0.25) is 9.59 Å². The molecule has 1 aliphatic heterocycles. The Balaban J connectivity index is 1.26. The van der Waals surface area contributed by atoms with Gasteiger partial charge in [0, 0.05) is 31.3 Å². The average molecular weight is 497 g/mol. The van der Waals surface area contributed by atoms with Gasteiger partial charge in [0.2, 0.25) is 5.91 Å². The van der Waals surface area contributed by atoms with E-state index in [4.69, 9.17) is 9.52 Å². The predicted octanol–water partition coefficient (Wildman–Crippen LogP) is 5.31. The molecule has 1 saturated heterocycles. The number of carbonyl (C=O) groups excluding carboxylic acids is 2. The number of aryl methyl sites for hydroxylation is 2. The third-order valence-corrected chi connectivity index (χ3v) is 6.89. The molecule has 0 bridgehead atoms. The maximum Gasteiger partial charge on any atom is 0.257 e. The average Bonchev–Trinajstić information content (AvgIpc) is 3.55. The van der Waals surface area contributed by atoms with Crippen molar-refractivity contribution in [1.29, 1.82) is 0 Å². The monoisotopic (exact) mass is 496 g/mol. The van der Waals surface area contributed by atoms with E-state index in [9.17, 15) is 9.59 Å². The number of nitrogens with zero attached hydrogens (tertiary/aromatic N) is 3. The largest absolute Gasteiger partial charge is 0.465 e. The smallest absolute Gasteiger partial charge is 0.257 e. The first-order chi connectivity index (χ1) is 18.0. The fraction of sp³-hybridized carbons (Fsp3) is 0.300. The van der Waals surface area contributed by atoms with Crippen molar-refractivity contribution in [3.05, 3.63) is 95.6 Å². The number of likely N-dealkylation sites (tertiary alicyclic amines) is 1. The zero-order valence-corrected chi connectivity index (χ0v) is 21.3. The molecule has 0 aliphatic carbocycles. The summed E-state index contributed by atoms with van der Waals surface area (Å²) in [5.41, 5.74) is 4.24. The van der Waals surface area contributed by atoms with Crippen LogP contribution in [-0.4, -0.2) is 39.6 Å². The molecule has 37 heavy (non-hydrogen) atoms. The van der Waals surface area contributed by atoms with Crippen molar-refractivity contribution >= 4 is 11.8 Å². The minimum atomic E-state index is -0.0187. The molecule has 1 fully saturated rings. The number of hydrogen-bond donors (Lipinski definition) is 1. The zero-order valence-electron chi connectivity index (χ0n) is 21.3. The molecule has 1 aliphatic rings. The van der Waals surface area contributed by atoms with Crippen LogP contribution in [0.4, 0.5) is 0 Å². The first kappa shape index (κ1) is 24.6. The van der Waals surface area contributed by atoms with Crippen LogP contribution >= 0.6 is 0 Å². The molecule has 7 heteroatoms. The van der Waals surface area contributed by atoms with Crippen molar-refractivity contribution in [2.24, 2.45) is 5.92 Å².